The lowest BCUT2D eigenvalue weighted by molar-refractivity contribution is -0.0509. The van der Waals surface area contributed by atoms with Gasteiger partial charge in [0.1, 0.15) is 23.1 Å². The fourth-order valence-corrected chi connectivity index (χ4v) is 5.00. The average molecular weight is 627 g/mol. The van der Waals surface area contributed by atoms with E-state index >= 15 is 0 Å². The highest BCUT2D eigenvalue weighted by atomic mass is 19.3. The fourth-order valence-electron chi connectivity index (χ4n) is 5.00. The first-order chi connectivity index (χ1) is 21.6. The second-order valence-corrected chi connectivity index (χ2v) is 10.8. The van der Waals surface area contributed by atoms with Crippen molar-refractivity contribution in [3.8, 4) is 17.2 Å². The molecule has 0 fully saturated rings. The van der Waals surface area contributed by atoms with Crippen molar-refractivity contribution in [2.75, 3.05) is 33.9 Å². The summed E-state index contributed by atoms with van der Waals surface area (Å²) in [7, 11) is 3.33. The maximum absolute atomic E-state index is 13.4. The zero-order chi connectivity index (χ0) is 32.8. The van der Waals surface area contributed by atoms with Gasteiger partial charge in [0, 0.05) is 50.6 Å². The van der Waals surface area contributed by atoms with E-state index in [1.54, 1.807) is 36.5 Å². The van der Waals surface area contributed by atoms with Gasteiger partial charge in [0.25, 0.3) is 5.91 Å². The number of nitrogens with one attached hydrogen (secondary N) is 1. The van der Waals surface area contributed by atoms with Gasteiger partial charge in [-0.2, -0.15) is 8.78 Å². The van der Waals surface area contributed by atoms with Gasteiger partial charge in [0.15, 0.2) is 5.78 Å². The number of amides is 1. The lowest BCUT2D eigenvalue weighted by atomic mass is 9.94. The van der Waals surface area contributed by atoms with Crippen molar-refractivity contribution < 1.29 is 37.0 Å². The van der Waals surface area contributed by atoms with Crippen molar-refractivity contribution in [2.24, 2.45) is 5.92 Å². The summed E-state index contributed by atoms with van der Waals surface area (Å²) < 4.78 is 55.4. The van der Waals surface area contributed by atoms with Gasteiger partial charge in [-0.25, -0.2) is 4.39 Å². The topological polar surface area (TPSA) is 77.1 Å². The zero-order valence-electron chi connectivity index (χ0n) is 26.0. The SMILES string of the molecule is C=c1ccc(C(=O)NCCOC)c(OC(F)F)/c1=C/N(C)CC(CCC)CCCC(=O)c1ccc(Oc2ccc(F)cc2)cc1. The average Bonchev–Trinajstić information content (AvgIpc) is 3.00. The van der Waals surface area contributed by atoms with Gasteiger partial charge in [-0.15, -0.1) is 0 Å². The van der Waals surface area contributed by atoms with Crippen LogP contribution in [0.4, 0.5) is 13.2 Å². The molecule has 0 heterocycles. The highest BCUT2D eigenvalue weighted by Crippen LogP contribution is 2.23. The molecule has 1 N–H and O–H groups in total. The minimum Gasteiger partial charge on any atom is -0.457 e. The van der Waals surface area contributed by atoms with E-state index in [1.807, 2.05) is 11.9 Å². The first-order valence-corrected chi connectivity index (χ1v) is 14.9. The number of nitrogens with zero attached hydrogens (tertiary/aromatic N) is 1. The van der Waals surface area contributed by atoms with E-state index in [0.717, 1.165) is 19.3 Å². The molecule has 3 aromatic rings. The summed E-state index contributed by atoms with van der Waals surface area (Å²) in [5.41, 5.74) is 0.566. The van der Waals surface area contributed by atoms with Crippen LogP contribution in [0.5, 0.6) is 17.2 Å². The van der Waals surface area contributed by atoms with Gasteiger partial charge in [-0.05, 0) is 85.0 Å². The van der Waals surface area contributed by atoms with Crippen molar-refractivity contribution in [2.45, 2.75) is 45.6 Å². The third kappa shape index (κ3) is 11.3. The number of hydrogen-bond acceptors (Lipinski definition) is 6. The van der Waals surface area contributed by atoms with E-state index in [9.17, 15) is 22.8 Å². The first kappa shape index (κ1) is 35.2. The van der Waals surface area contributed by atoms with E-state index in [0.29, 0.717) is 46.9 Å². The smallest absolute Gasteiger partial charge is 0.387 e. The van der Waals surface area contributed by atoms with Crippen molar-refractivity contribution in [1.29, 1.82) is 0 Å². The van der Waals surface area contributed by atoms with Gasteiger partial charge >= 0.3 is 6.61 Å². The summed E-state index contributed by atoms with van der Waals surface area (Å²) in [6, 6.07) is 15.6. The maximum Gasteiger partial charge on any atom is 0.387 e. The van der Waals surface area contributed by atoms with Crippen LogP contribution in [0.2, 0.25) is 0 Å². The lowest BCUT2D eigenvalue weighted by Gasteiger charge is -2.23. The standard InChI is InChI=1S/C35H41F3N2O5/c1-5-7-25(8-6-9-32(41)26-11-15-28(16-12-26)44-29-17-13-27(36)14-18-29)22-40(3)23-31-24(2)10-19-30(33(31)45-35(37)38)34(42)39-20-21-43-4/h10-19,23,25,35H,2,5-9,20-22H2,1,3-4H3,(H,39,42)/b31-23+. The maximum atomic E-state index is 13.4. The number of Topliss-reactive ketones (excluding diaryl/α,β-unsaturated/α-hetero) is 1. The Labute approximate surface area is 262 Å². The Morgan fingerprint density at radius 2 is 1.67 bits per heavy atom. The fraction of sp³-hybridized carbons (Fsp3) is 0.371. The van der Waals surface area contributed by atoms with E-state index < -0.39 is 12.5 Å². The Morgan fingerprint density at radius 1 is 1.00 bits per heavy atom. The second-order valence-electron chi connectivity index (χ2n) is 10.8. The Bertz CT molecular complexity index is 1500. The van der Waals surface area contributed by atoms with Gasteiger partial charge in [0.2, 0.25) is 0 Å². The molecular weight excluding hydrogens is 585 g/mol. The predicted octanol–water partition coefficient (Wildman–Crippen LogP) is 6.15. The van der Waals surface area contributed by atoms with Crippen LogP contribution in [-0.2, 0) is 4.74 Å². The molecule has 0 aliphatic carbocycles. The van der Waals surface area contributed by atoms with Crippen LogP contribution in [0.1, 0.15) is 59.7 Å². The van der Waals surface area contributed by atoms with Crippen molar-refractivity contribution in [3.05, 3.63) is 88.0 Å². The number of ether oxygens (including phenoxy) is 3. The Kier molecular flexibility index (Phi) is 14.0. The molecule has 0 aliphatic heterocycles. The van der Waals surface area contributed by atoms with E-state index in [2.05, 4.69) is 18.8 Å². The summed E-state index contributed by atoms with van der Waals surface area (Å²) >= 11 is 0. The van der Waals surface area contributed by atoms with Gasteiger partial charge in [-0.1, -0.05) is 26.0 Å². The van der Waals surface area contributed by atoms with Crippen LogP contribution >= 0.6 is 0 Å². The molecule has 0 bridgehead atoms. The van der Waals surface area contributed by atoms with E-state index in [-0.39, 0.29) is 42.0 Å². The third-order valence-electron chi connectivity index (χ3n) is 7.16. The van der Waals surface area contributed by atoms with Crippen molar-refractivity contribution in [3.63, 3.8) is 0 Å². The number of ketones is 1. The summed E-state index contributed by atoms with van der Waals surface area (Å²) in [4.78, 5) is 27.5. The molecule has 10 heteroatoms. The van der Waals surface area contributed by atoms with Crippen LogP contribution in [0.15, 0.2) is 60.7 Å². The normalized spacial score (nSPS) is 12.2. The molecule has 3 rings (SSSR count). The molecule has 1 atom stereocenters. The van der Waals surface area contributed by atoms with Crippen LogP contribution in [0, 0.1) is 11.7 Å². The molecule has 1 amide bonds. The quantitative estimate of drug-likeness (QED) is 0.135. The monoisotopic (exact) mass is 626 g/mol. The largest absolute Gasteiger partial charge is 0.457 e. The zero-order valence-corrected chi connectivity index (χ0v) is 26.0. The highest BCUT2D eigenvalue weighted by molar-refractivity contribution is 5.97. The number of carbonyl (C=O) groups excluding carboxylic acids is 2. The molecule has 0 radical (unpaired) electrons. The van der Waals surface area contributed by atoms with Crippen molar-refractivity contribution in [1.82, 2.24) is 10.2 Å². The summed E-state index contributed by atoms with van der Waals surface area (Å²) in [6.45, 7) is 4.03. The van der Waals surface area contributed by atoms with Crippen LogP contribution in [0.25, 0.3) is 12.8 Å². The molecule has 0 saturated heterocycles. The molecule has 0 aliphatic rings. The number of hydrogen-bond donors (Lipinski definition) is 1. The molecule has 45 heavy (non-hydrogen) atoms. The summed E-state index contributed by atoms with van der Waals surface area (Å²) in [5.74, 6) is 0.179. The van der Waals surface area contributed by atoms with Crippen LogP contribution < -0.4 is 25.2 Å². The summed E-state index contributed by atoms with van der Waals surface area (Å²) in [5, 5.41) is 3.38. The van der Waals surface area contributed by atoms with Gasteiger partial charge < -0.3 is 24.4 Å². The van der Waals surface area contributed by atoms with Gasteiger partial charge in [0.05, 0.1) is 12.2 Å². The van der Waals surface area contributed by atoms with Crippen LogP contribution in [0.3, 0.4) is 0 Å². The molecule has 1 unspecified atom stereocenters. The van der Waals surface area contributed by atoms with Gasteiger partial charge in [-0.3, -0.25) is 9.59 Å². The molecule has 0 aromatic heterocycles. The van der Waals surface area contributed by atoms with E-state index in [1.165, 1.54) is 37.4 Å². The van der Waals surface area contributed by atoms with Crippen molar-refractivity contribution >= 4 is 24.5 Å². The number of methoxy groups -OCH3 is 1. The number of benzene rings is 3. The Balaban J connectivity index is 1.64. The minimum atomic E-state index is -3.13. The molecular formula is C35H41F3N2O5. The van der Waals surface area contributed by atoms with E-state index in [4.69, 9.17) is 14.2 Å². The van der Waals surface area contributed by atoms with Crippen LogP contribution in [-0.4, -0.2) is 57.1 Å². The predicted molar refractivity (Wildman–Crippen MR) is 169 cm³/mol. The number of alkyl halides is 2. The summed E-state index contributed by atoms with van der Waals surface area (Å²) in [6.07, 6.45) is 5.39. The first-order valence-electron chi connectivity index (χ1n) is 14.9. The number of carbonyl (C=O) groups is 2. The second kappa shape index (κ2) is 17.9. The number of rotatable bonds is 18. The number of halogens is 3. The third-order valence-corrected chi connectivity index (χ3v) is 7.16. The Morgan fingerprint density at radius 3 is 2.29 bits per heavy atom. The molecule has 7 nitrogen and oxygen atoms in total. The molecule has 3 aromatic carbocycles. The Hall–Kier alpha value is -4.31. The molecule has 0 saturated carbocycles. The minimum absolute atomic E-state index is 0.0166. The molecule has 242 valence electrons. The highest BCUT2D eigenvalue weighted by Gasteiger charge is 2.19. The lowest BCUT2D eigenvalue weighted by Crippen LogP contribution is -2.35. The molecule has 0 spiro atoms.